The number of carboxylic acids is 1. The van der Waals surface area contributed by atoms with E-state index in [-0.39, 0.29) is 22.5 Å². The molecule has 3 unspecified atom stereocenters. The van der Waals surface area contributed by atoms with Gasteiger partial charge in [0, 0.05) is 22.6 Å². The Hall–Kier alpha value is -1.18. The van der Waals surface area contributed by atoms with Crippen LogP contribution in [0.5, 0.6) is 5.75 Å². The van der Waals surface area contributed by atoms with E-state index < -0.39 is 13.1 Å². The van der Waals surface area contributed by atoms with Gasteiger partial charge in [0.2, 0.25) is 0 Å². The molecule has 110 valence electrons. The summed E-state index contributed by atoms with van der Waals surface area (Å²) >= 11 is 1.53. The smallest absolute Gasteiger partial charge is 0.526 e. The second-order valence-electron chi connectivity index (χ2n) is 5.78. The SMILES string of the molecule is O=C(O)c1c(SC2CCOC2)ccc2c1OB(O)C1CC21. The molecule has 4 rings (SSSR count). The molecule has 7 heteroatoms. The van der Waals surface area contributed by atoms with Gasteiger partial charge in [-0.15, -0.1) is 11.8 Å². The zero-order chi connectivity index (χ0) is 14.6. The first-order valence-electron chi connectivity index (χ1n) is 7.14. The van der Waals surface area contributed by atoms with Gasteiger partial charge in [-0.3, -0.25) is 0 Å². The van der Waals surface area contributed by atoms with Crippen molar-refractivity contribution in [2.24, 2.45) is 0 Å². The van der Waals surface area contributed by atoms with E-state index in [4.69, 9.17) is 9.39 Å². The molecule has 0 amide bonds. The number of carbonyl (C=O) groups is 1. The molecular formula is C14H15BO5S. The van der Waals surface area contributed by atoms with Crippen molar-refractivity contribution in [2.75, 3.05) is 13.2 Å². The van der Waals surface area contributed by atoms with Gasteiger partial charge in [0.25, 0.3) is 0 Å². The van der Waals surface area contributed by atoms with Gasteiger partial charge in [-0.05, 0) is 30.4 Å². The molecule has 21 heavy (non-hydrogen) atoms. The van der Waals surface area contributed by atoms with Gasteiger partial charge < -0.3 is 19.5 Å². The van der Waals surface area contributed by atoms with Gasteiger partial charge in [-0.2, -0.15) is 0 Å². The highest BCUT2D eigenvalue weighted by atomic mass is 32.2. The van der Waals surface area contributed by atoms with Crippen LogP contribution in [0.1, 0.15) is 34.7 Å². The molecule has 2 aliphatic heterocycles. The third-order valence-corrected chi connectivity index (χ3v) is 5.69. The van der Waals surface area contributed by atoms with Gasteiger partial charge in [-0.1, -0.05) is 6.07 Å². The Kier molecular flexibility index (Phi) is 3.17. The number of rotatable bonds is 3. The summed E-state index contributed by atoms with van der Waals surface area (Å²) in [5, 5.41) is 19.8. The van der Waals surface area contributed by atoms with Gasteiger partial charge in [0.1, 0.15) is 11.3 Å². The first-order valence-corrected chi connectivity index (χ1v) is 8.02. The van der Waals surface area contributed by atoms with Crippen LogP contribution in [0.2, 0.25) is 5.82 Å². The number of benzene rings is 1. The largest absolute Gasteiger partial charge is 0.535 e. The van der Waals surface area contributed by atoms with Gasteiger partial charge in [0.05, 0.1) is 6.61 Å². The van der Waals surface area contributed by atoms with Crippen LogP contribution in [0.4, 0.5) is 0 Å². The molecular weight excluding hydrogens is 291 g/mol. The minimum atomic E-state index is -1.00. The van der Waals surface area contributed by atoms with Crippen LogP contribution >= 0.6 is 11.8 Å². The standard InChI is InChI=1S/C14H15BO5S/c16-14(17)12-11(21-7-3-4-19-6-7)2-1-8-9-5-10(9)15(18)20-13(8)12/h1-2,7,9-10,18H,3-6H2,(H,16,17). The van der Waals surface area contributed by atoms with Gasteiger partial charge >= 0.3 is 13.1 Å². The number of hydrogen-bond acceptors (Lipinski definition) is 5. The molecule has 1 saturated heterocycles. The maximum Gasteiger partial charge on any atom is 0.526 e. The number of fused-ring (bicyclic) bond motifs is 3. The summed E-state index contributed by atoms with van der Waals surface area (Å²) in [4.78, 5) is 12.4. The molecule has 1 aliphatic carbocycles. The molecule has 5 nitrogen and oxygen atoms in total. The van der Waals surface area contributed by atoms with Crippen LogP contribution < -0.4 is 4.65 Å². The van der Waals surface area contributed by atoms with Crippen molar-refractivity contribution in [3.63, 3.8) is 0 Å². The highest BCUT2D eigenvalue weighted by Crippen LogP contribution is 2.60. The Bertz CT molecular complexity index is 601. The fourth-order valence-corrected chi connectivity index (χ4v) is 4.36. The lowest BCUT2D eigenvalue weighted by Crippen LogP contribution is -2.27. The molecule has 2 heterocycles. The molecule has 0 bridgehead atoms. The zero-order valence-corrected chi connectivity index (χ0v) is 12.1. The molecule has 0 spiro atoms. The fraction of sp³-hybridized carbons (Fsp3) is 0.500. The van der Waals surface area contributed by atoms with E-state index in [1.165, 1.54) is 11.8 Å². The highest BCUT2D eigenvalue weighted by molar-refractivity contribution is 8.00. The van der Waals surface area contributed by atoms with Crippen molar-refractivity contribution in [3.05, 3.63) is 23.3 Å². The lowest BCUT2D eigenvalue weighted by atomic mass is 9.77. The first kappa shape index (κ1) is 13.5. The fourth-order valence-electron chi connectivity index (χ4n) is 3.18. The third-order valence-electron chi connectivity index (χ3n) is 4.39. The third kappa shape index (κ3) is 2.24. The van der Waals surface area contributed by atoms with E-state index in [0.29, 0.717) is 17.3 Å². The molecule has 3 aliphatic rings. The number of ether oxygens (including phenoxy) is 1. The molecule has 1 aromatic carbocycles. The Morgan fingerprint density at radius 3 is 3.00 bits per heavy atom. The van der Waals surface area contributed by atoms with Crippen LogP contribution in [0.15, 0.2) is 17.0 Å². The van der Waals surface area contributed by atoms with Crippen LogP contribution in [0.25, 0.3) is 0 Å². The topological polar surface area (TPSA) is 76.0 Å². The van der Waals surface area contributed by atoms with Crippen molar-refractivity contribution in [2.45, 2.75) is 34.7 Å². The lowest BCUT2D eigenvalue weighted by Gasteiger charge is -2.23. The number of aromatic carboxylic acids is 1. The lowest BCUT2D eigenvalue weighted by molar-refractivity contribution is 0.0690. The summed E-state index contributed by atoms with van der Waals surface area (Å²) in [5.74, 6) is -0.270. The summed E-state index contributed by atoms with van der Waals surface area (Å²) in [6.07, 6.45) is 1.80. The second kappa shape index (κ2) is 4.93. The minimum Gasteiger partial charge on any atom is -0.535 e. The summed E-state index contributed by atoms with van der Waals surface area (Å²) in [5.41, 5.74) is 1.11. The van der Waals surface area contributed by atoms with Crippen molar-refractivity contribution in [1.82, 2.24) is 0 Å². The average Bonchev–Trinajstić information content (AvgIpc) is 3.10. The second-order valence-corrected chi connectivity index (χ2v) is 7.12. The molecule has 2 N–H and O–H groups in total. The predicted octanol–water partition coefficient (Wildman–Crippen LogP) is 2.00. The van der Waals surface area contributed by atoms with Crippen molar-refractivity contribution in [3.8, 4) is 5.75 Å². The normalized spacial score (nSPS) is 29.6. The Morgan fingerprint density at radius 2 is 2.29 bits per heavy atom. The van der Waals surface area contributed by atoms with Gasteiger partial charge in [-0.25, -0.2) is 4.79 Å². The number of hydrogen-bond donors (Lipinski definition) is 2. The molecule has 0 radical (unpaired) electrons. The van der Waals surface area contributed by atoms with Crippen LogP contribution in [0.3, 0.4) is 0 Å². The monoisotopic (exact) mass is 306 g/mol. The summed E-state index contributed by atoms with van der Waals surface area (Å²) in [6.45, 7) is 1.37. The maximum atomic E-state index is 11.7. The molecule has 1 saturated carbocycles. The zero-order valence-electron chi connectivity index (χ0n) is 11.3. The molecule has 0 aromatic heterocycles. The van der Waals surface area contributed by atoms with Crippen molar-refractivity contribution in [1.29, 1.82) is 0 Å². The first-order chi connectivity index (χ1) is 10.1. The minimum absolute atomic E-state index is 0.126. The maximum absolute atomic E-state index is 11.7. The van der Waals surface area contributed by atoms with Crippen molar-refractivity contribution < 1.29 is 24.3 Å². The van der Waals surface area contributed by atoms with Gasteiger partial charge in [0.15, 0.2) is 0 Å². The van der Waals surface area contributed by atoms with E-state index in [0.717, 1.165) is 25.0 Å². The summed E-state index contributed by atoms with van der Waals surface area (Å²) in [6, 6.07) is 3.83. The van der Waals surface area contributed by atoms with Crippen LogP contribution in [0, 0.1) is 0 Å². The van der Waals surface area contributed by atoms with Crippen molar-refractivity contribution >= 4 is 24.8 Å². The molecule has 1 aromatic rings. The van der Waals surface area contributed by atoms with E-state index in [9.17, 15) is 14.9 Å². The van der Waals surface area contributed by atoms with E-state index >= 15 is 0 Å². The van der Waals surface area contributed by atoms with Crippen LogP contribution in [-0.4, -0.2) is 41.7 Å². The Labute approximate surface area is 126 Å². The Morgan fingerprint density at radius 1 is 1.43 bits per heavy atom. The predicted molar refractivity (Wildman–Crippen MR) is 78.2 cm³/mol. The van der Waals surface area contributed by atoms with Crippen LogP contribution in [-0.2, 0) is 4.74 Å². The average molecular weight is 306 g/mol. The number of thioether (sulfide) groups is 1. The van der Waals surface area contributed by atoms with E-state index in [1.807, 2.05) is 12.1 Å². The molecule has 2 fully saturated rings. The number of carboxylic acid groups (broad SMARTS) is 1. The molecule has 3 atom stereocenters. The quantitative estimate of drug-likeness (QED) is 0.832. The summed E-state index contributed by atoms with van der Waals surface area (Å²) in [7, 11) is -0.879. The highest BCUT2D eigenvalue weighted by Gasteiger charge is 2.54. The Balaban J connectivity index is 1.74. The van der Waals surface area contributed by atoms with E-state index in [1.54, 1.807) is 0 Å². The summed E-state index contributed by atoms with van der Waals surface area (Å²) < 4.78 is 10.9. The van der Waals surface area contributed by atoms with E-state index in [2.05, 4.69) is 0 Å².